The average molecular weight is 933 g/mol. The molecule has 1 amide bonds. The Balaban J connectivity index is 3.45. The van der Waals surface area contributed by atoms with Crippen molar-refractivity contribution < 1.29 is 24.5 Å². The van der Waals surface area contributed by atoms with E-state index in [1.165, 1.54) is 250 Å². The van der Waals surface area contributed by atoms with Crippen LogP contribution in [0.4, 0.5) is 0 Å². The summed E-state index contributed by atoms with van der Waals surface area (Å²) in [6.07, 6.45) is 66.4. The monoisotopic (exact) mass is 932 g/mol. The van der Waals surface area contributed by atoms with Crippen molar-refractivity contribution >= 4 is 11.9 Å². The fourth-order valence-corrected chi connectivity index (χ4v) is 9.46. The first-order chi connectivity index (χ1) is 32.5. The fourth-order valence-electron chi connectivity index (χ4n) is 9.46. The van der Waals surface area contributed by atoms with E-state index in [-0.39, 0.29) is 18.5 Å². The molecular formula is C60H117NO5. The third kappa shape index (κ3) is 52.0. The standard InChI is InChI=1S/C60H117NO5/c1-3-5-7-9-11-13-15-16-17-18-19-20-21-23-26-29-33-36-40-44-48-52-58(63)57(56-62)61-59(64)53-49-45-41-37-34-30-27-24-22-25-28-31-35-39-43-47-51-55-66-60(65)54-50-46-42-38-32-14-12-10-8-6-4-2/h22,25,57-58,62-63H,3-21,23-24,26-56H2,1-2H3,(H,61,64)/b25-22-. The minimum atomic E-state index is -0.672. The van der Waals surface area contributed by atoms with Crippen molar-refractivity contribution in [3.8, 4) is 0 Å². The number of carbonyl (C=O) groups excluding carboxylic acids is 2. The highest BCUT2D eigenvalue weighted by molar-refractivity contribution is 5.76. The lowest BCUT2D eigenvalue weighted by Crippen LogP contribution is -2.45. The van der Waals surface area contributed by atoms with Crippen LogP contribution in [0.1, 0.15) is 335 Å². The maximum absolute atomic E-state index is 12.5. The number of hydrogen-bond acceptors (Lipinski definition) is 5. The summed E-state index contributed by atoms with van der Waals surface area (Å²) in [5.41, 5.74) is 0. The number of aliphatic hydroxyl groups is 2. The van der Waals surface area contributed by atoms with E-state index >= 15 is 0 Å². The van der Waals surface area contributed by atoms with Gasteiger partial charge in [0.15, 0.2) is 0 Å². The molecule has 392 valence electrons. The lowest BCUT2D eigenvalue weighted by molar-refractivity contribution is -0.143. The van der Waals surface area contributed by atoms with Crippen LogP contribution in [0.2, 0.25) is 0 Å². The average Bonchev–Trinajstić information content (AvgIpc) is 3.32. The van der Waals surface area contributed by atoms with Crippen LogP contribution in [0.15, 0.2) is 12.2 Å². The number of nitrogens with one attached hydrogen (secondary N) is 1. The van der Waals surface area contributed by atoms with Gasteiger partial charge in [-0.25, -0.2) is 0 Å². The van der Waals surface area contributed by atoms with Crippen LogP contribution in [0.3, 0.4) is 0 Å². The number of allylic oxidation sites excluding steroid dienone is 2. The third-order valence-corrected chi connectivity index (χ3v) is 14.1. The summed E-state index contributed by atoms with van der Waals surface area (Å²) < 4.78 is 5.45. The highest BCUT2D eigenvalue weighted by Gasteiger charge is 2.20. The minimum Gasteiger partial charge on any atom is -0.466 e. The molecule has 0 fully saturated rings. The number of hydrogen-bond donors (Lipinski definition) is 3. The molecule has 2 atom stereocenters. The van der Waals surface area contributed by atoms with Gasteiger partial charge in [0.2, 0.25) is 5.91 Å². The van der Waals surface area contributed by atoms with Gasteiger partial charge in [-0.15, -0.1) is 0 Å². The first-order valence-corrected chi connectivity index (χ1v) is 29.9. The maximum atomic E-state index is 12.5. The Kier molecular flexibility index (Phi) is 55.0. The van der Waals surface area contributed by atoms with Gasteiger partial charge in [-0.05, 0) is 51.4 Å². The summed E-state index contributed by atoms with van der Waals surface area (Å²) in [7, 11) is 0. The van der Waals surface area contributed by atoms with Gasteiger partial charge >= 0.3 is 5.97 Å². The zero-order chi connectivity index (χ0) is 47.9. The van der Waals surface area contributed by atoms with Gasteiger partial charge < -0.3 is 20.3 Å². The van der Waals surface area contributed by atoms with Gasteiger partial charge in [-0.3, -0.25) is 9.59 Å². The molecule has 0 saturated carbocycles. The van der Waals surface area contributed by atoms with E-state index in [0.717, 1.165) is 51.4 Å². The Hall–Kier alpha value is -1.40. The quantitative estimate of drug-likeness (QED) is 0.0321. The van der Waals surface area contributed by atoms with Crippen LogP contribution in [0.25, 0.3) is 0 Å². The molecule has 0 aliphatic rings. The summed E-state index contributed by atoms with van der Waals surface area (Å²) in [6, 6.07) is -0.550. The second kappa shape index (κ2) is 56.2. The topological polar surface area (TPSA) is 95.9 Å². The molecule has 0 spiro atoms. The van der Waals surface area contributed by atoms with Crippen LogP contribution in [0, 0.1) is 0 Å². The fraction of sp³-hybridized carbons (Fsp3) is 0.933. The van der Waals surface area contributed by atoms with Gasteiger partial charge in [0.1, 0.15) is 0 Å². The van der Waals surface area contributed by atoms with Crippen LogP contribution in [-0.4, -0.2) is 47.4 Å². The van der Waals surface area contributed by atoms with Crippen molar-refractivity contribution in [1.29, 1.82) is 0 Å². The predicted octanol–water partition coefficient (Wildman–Crippen LogP) is 18.5. The Bertz CT molecular complexity index is 986. The third-order valence-electron chi connectivity index (χ3n) is 14.1. The molecule has 0 rings (SSSR count). The molecule has 0 radical (unpaired) electrons. The van der Waals surface area contributed by atoms with Crippen molar-refractivity contribution in [2.24, 2.45) is 0 Å². The lowest BCUT2D eigenvalue weighted by Gasteiger charge is -2.22. The summed E-state index contributed by atoms with van der Waals surface area (Å²) in [5.74, 6) is -0.0447. The molecule has 0 heterocycles. The second-order valence-electron chi connectivity index (χ2n) is 20.7. The molecule has 0 aliphatic carbocycles. The minimum absolute atomic E-state index is 0.00130. The van der Waals surface area contributed by atoms with Gasteiger partial charge in [-0.1, -0.05) is 283 Å². The van der Waals surface area contributed by atoms with Gasteiger partial charge in [0.25, 0.3) is 0 Å². The first-order valence-electron chi connectivity index (χ1n) is 29.9. The molecule has 0 bridgehead atoms. The predicted molar refractivity (Wildman–Crippen MR) is 287 cm³/mol. The molecule has 3 N–H and O–H groups in total. The van der Waals surface area contributed by atoms with E-state index in [2.05, 4.69) is 31.3 Å². The molecule has 0 aromatic rings. The molecule has 0 aromatic carbocycles. The van der Waals surface area contributed by atoms with E-state index in [1.54, 1.807) is 0 Å². The first kappa shape index (κ1) is 64.6. The lowest BCUT2D eigenvalue weighted by atomic mass is 10.0. The summed E-state index contributed by atoms with van der Waals surface area (Å²) in [4.78, 5) is 24.5. The zero-order valence-electron chi connectivity index (χ0n) is 44.7. The highest BCUT2D eigenvalue weighted by atomic mass is 16.5. The van der Waals surface area contributed by atoms with Crippen molar-refractivity contribution in [2.45, 2.75) is 347 Å². The molecule has 6 heteroatoms. The van der Waals surface area contributed by atoms with E-state index in [9.17, 15) is 19.8 Å². The van der Waals surface area contributed by atoms with E-state index in [0.29, 0.717) is 25.9 Å². The Morgan fingerprint density at radius 3 is 1.08 bits per heavy atom. The van der Waals surface area contributed by atoms with Crippen LogP contribution in [0.5, 0.6) is 0 Å². The molecule has 0 saturated heterocycles. The van der Waals surface area contributed by atoms with Crippen molar-refractivity contribution in [1.82, 2.24) is 5.32 Å². The number of amides is 1. The Morgan fingerprint density at radius 1 is 0.409 bits per heavy atom. The summed E-state index contributed by atoms with van der Waals surface area (Å²) in [6.45, 7) is 4.95. The van der Waals surface area contributed by atoms with Crippen molar-refractivity contribution in [3.05, 3.63) is 12.2 Å². The number of unbranched alkanes of at least 4 members (excludes halogenated alkanes) is 43. The number of esters is 1. The summed E-state index contributed by atoms with van der Waals surface area (Å²) in [5, 5.41) is 23.3. The molecule has 0 aromatic heterocycles. The van der Waals surface area contributed by atoms with E-state index in [1.807, 2.05) is 0 Å². The Morgan fingerprint density at radius 2 is 0.712 bits per heavy atom. The molecule has 66 heavy (non-hydrogen) atoms. The number of aliphatic hydroxyl groups excluding tert-OH is 2. The normalized spacial score (nSPS) is 12.6. The van der Waals surface area contributed by atoms with Gasteiger partial charge in [-0.2, -0.15) is 0 Å². The van der Waals surface area contributed by atoms with Crippen LogP contribution in [-0.2, 0) is 14.3 Å². The molecule has 2 unspecified atom stereocenters. The van der Waals surface area contributed by atoms with Gasteiger partial charge in [0, 0.05) is 12.8 Å². The molecule has 0 aliphatic heterocycles. The zero-order valence-corrected chi connectivity index (χ0v) is 44.7. The second-order valence-corrected chi connectivity index (χ2v) is 20.7. The maximum Gasteiger partial charge on any atom is 0.305 e. The van der Waals surface area contributed by atoms with Crippen molar-refractivity contribution in [2.75, 3.05) is 13.2 Å². The number of rotatable bonds is 56. The highest BCUT2D eigenvalue weighted by Crippen LogP contribution is 2.18. The van der Waals surface area contributed by atoms with Crippen molar-refractivity contribution in [3.63, 3.8) is 0 Å². The molecule has 6 nitrogen and oxygen atoms in total. The smallest absolute Gasteiger partial charge is 0.305 e. The SMILES string of the molecule is CCCCCCCCCCCCCCCCCCCCCCCC(O)C(CO)NC(=O)CCCCCCCCC/C=C\CCCCCCCCOC(=O)CCCCCCCCCCCCC. The largest absolute Gasteiger partial charge is 0.466 e. The number of carbonyl (C=O) groups is 2. The Labute approximate surface area is 412 Å². The van der Waals surface area contributed by atoms with Crippen LogP contribution < -0.4 is 5.32 Å². The van der Waals surface area contributed by atoms with Crippen LogP contribution >= 0.6 is 0 Å². The van der Waals surface area contributed by atoms with E-state index in [4.69, 9.17) is 4.74 Å². The van der Waals surface area contributed by atoms with E-state index < -0.39 is 12.1 Å². The summed E-state index contributed by atoms with van der Waals surface area (Å²) >= 11 is 0. The molecular weight excluding hydrogens is 815 g/mol. The number of ether oxygens (including phenoxy) is 1. The van der Waals surface area contributed by atoms with Gasteiger partial charge in [0.05, 0.1) is 25.4 Å².